The van der Waals surface area contributed by atoms with Crippen molar-refractivity contribution in [2.45, 2.75) is 0 Å². The molecule has 200 valence electrons. The minimum Gasteiger partial charge on any atom is -0.309 e. The van der Waals surface area contributed by atoms with E-state index in [-0.39, 0.29) is 0 Å². The number of nitrogens with zero attached hydrogens (tertiary/aromatic N) is 3. The average molecular weight is 548 g/mol. The van der Waals surface area contributed by atoms with E-state index >= 15 is 0 Å². The summed E-state index contributed by atoms with van der Waals surface area (Å²) in [5.74, 6) is 0. The van der Waals surface area contributed by atoms with E-state index in [0.717, 1.165) is 27.5 Å². The first-order valence-electron chi connectivity index (χ1n) is 14.6. The Morgan fingerprint density at radius 2 is 0.860 bits per heavy atom. The molecule has 0 N–H and O–H groups in total. The quantitative estimate of drug-likeness (QED) is 0.206. The van der Waals surface area contributed by atoms with Crippen molar-refractivity contribution in [3.63, 3.8) is 0 Å². The highest BCUT2D eigenvalue weighted by Crippen LogP contribution is 2.38. The molecular weight excluding hydrogens is 522 g/mol. The van der Waals surface area contributed by atoms with Crippen LogP contribution in [0.3, 0.4) is 0 Å². The molecular formula is C40H25N3. The Morgan fingerprint density at radius 1 is 0.349 bits per heavy atom. The van der Waals surface area contributed by atoms with Gasteiger partial charge in [-0.15, -0.1) is 0 Å². The number of hydrogen-bond donors (Lipinski definition) is 0. The molecule has 0 bridgehead atoms. The van der Waals surface area contributed by atoms with Crippen LogP contribution in [0.15, 0.2) is 152 Å². The van der Waals surface area contributed by atoms with E-state index in [0.29, 0.717) is 0 Å². The lowest BCUT2D eigenvalue weighted by atomic mass is 9.93. The molecule has 0 saturated carbocycles. The number of benzene rings is 7. The number of fused-ring (bicyclic) bond motifs is 9. The van der Waals surface area contributed by atoms with Crippen LogP contribution in [0.25, 0.3) is 82.3 Å². The molecule has 43 heavy (non-hydrogen) atoms. The van der Waals surface area contributed by atoms with Crippen LogP contribution in [0, 0.1) is 0 Å². The molecule has 0 fully saturated rings. The molecule has 2 heterocycles. The van der Waals surface area contributed by atoms with Gasteiger partial charge in [0.2, 0.25) is 0 Å². The van der Waals surface area contributed by atoms with Gasteiger partial charge in [0.25, 0.3) is 0 Å². The first kappa shape index (κ1) is 23.9. The number of aromatic nitrogens is 3. The van der Waals surface area contributed by atoms with Crippen LogP contribution in [-0.4, -0.2) is 14.5 Å². The summed E-state index contributed by atoms with van der Waals surface area (Å²) in [6, 6.07) is 50.2. The summed E-state index contributed by atoms with van der Waals surface area (Å²) < 4.78 is 2.37. The van der Waals surface area contributed by atoms with Crippen molar-refractivity contribution in [3.05, 3.63) is 152 Å². The molecule has 0 aliphatic rings. The molecule has 0 amide bonds. The molecule has 0 radical (unpaired) electrons. The fourth-order valence-corrected chi connectivity index (χ4v) is 6.69. The summed E-state index contributed by atoms with van der Waals surface area (Å²) in [6.45, 7) is 0. The molecule has 9 rings (SSSR count). The van der Waals surface area contributed by atoms with Gasteiger partial charge in [0.1, 0.15) is 0 Å². The predicted octanol–water partition coefficient (Wildman–Crippen LogP) is 10.4. The first-order chi connectivity index (χ1) is 21.3. The highest BCUT2D eigenvalue weighted by atomic mass is 15.0. The first-order valence-corrected chi connectivity index (χ1v) is 14.6. The third kappa shape index (κ3) is 3.68. The normalized spacial score (nSPS) is 11.7. The summed E-state index contributed by atoms with van der Waals surface area (Å²) in [5, 5.41) is 7.13. The average Bonchev–Trinajstić information content (AvgIpc) is 3.43. The number of hydrogen-bond acceptors (Lipinski definition) is 2. The second kappa shape index (κ2) is 9.37. The van der Waals surface area contributed by atoms with Crippen molar-refractivity contribution < 1.29 is 0 Å². The van der Waals surface area contributed by atoms with Crippen molar-refractivity contribution in [3.8, 4) is 27.9 Å². The van der Waals surface area contributed by atoms with Crippen LogP contribution in [0.4, 0.5) is 0 Å². The Balaban J connectivity index is 1.28. The van der Waals surface area contributed by atoms with Crippen LogP contribution in [0.2, 0.25) is 0 Å². The van der Waals surface area contributed by atoms with E-state index in [2.05, 4.69) is 144 Å². The highest BCUT2D eigenvalue weighted by molar-refractivity contribution is 6.24. The summed E-state index contributed by atoms with van der Waals surface area (Å²) in [5.41, 5.74) is 10.2. The van der Waals surface area contributed by atoms with Crippen molar-refractivity contribution in [1.82, 2.24) is 14.5 Å². The van der Waals surface area contributed by atoms with Gasteiger partial charge in [-0.25, -0.2) is 0 Å². The van der Waals surface area contributed by atoms with Gasteiger partial charge in [-0.1, -0.05) is 103 Å². The molecule has 0 unspecified atom stereocenters. The highest BCUT2D eigenvalue weighted by Gasteiger charge is 2.15. The van der Waals surface area contributed by atoms with Gasteiger partial charge >= 0.3 is 0 Å². The van der Waals surface area contributed by atoms with Crippen molar-refractivity contribution >= 4 is 54.4 Å². The zero-order valence-electron chi connectivity index (χ0n) is 23.3. The molecule has 7 aromatic carbocycles. The zero-order valence-corrected chi connectivity index (χ0v) is 23.3. The van der Waals surface area contributed by atoms with E-state index in [4.69, 9.17) is 9.97 Å². The summed E-state index contributed by atoms with van der Waals surface area (Å²) in [6.07, 6.45) is 3.57. The lowest BCUT2D eigenvalue weighted by Crippen LogP contribution is -1.94. The van der Waals surface area contributed by atoms with Crippen LogP contribution >= 0.6 is 0 Å². The van der Waals surface area contributed by atoms with Gasteiger partial charge < -0.3 is 4.57 Å². The number of rotatable bonds is 3. The molecule has 0 aliphatic carbocycles. The Kier molecular flexibility index (Phi) is 5.20. The monoisotopic (exact) mass is 547 g/mol. The maximum atomic E-state index is 4.78. The molecule has 3 nitrogen and oxygen atoms in total. The molecule has 0 saturated heterocycles. The van der Waals surface area contributed by atoms with Gasteiger partial charge in [-0.05, 0) is 69.4 Å². The van der Waals surface area contributed by atoms with Crippen molar-refractivity contribution in [2.75, 3.05) is 0 Å². The van der Waals surface area contributed by atoms with E-state index in [1.54, 1.807) is 12.4 Å². The summed E-state index contributed by atoms with van der Waals surface area (Å²) >= 11 is 0. The van der Waals surface area contributed by atoms with E-state index in [1.807, 2.05) is 0 Å². The number of para-hydroxylation sites is 2. The molecule has 0 atom stereocenters. The third-order valence-electron chi connectivity index (χ3n) is 8.66. The third-order valence-corrected chi connectivity index (χ3v) is 8.66. The van der Waals surface area contributed by atoms with Crippen molar-refractivity contribution in [1.29, 1.82) is 0 Å². The van der Waals surface area contributed by atoms with Crippen LogP contribution in [0.5, 0.6) is 0 Å². The molecule has 0 spiro atoms. The van der Waals surface area contributed by atoms with Crippen LogP contribution in [-0.2, 0) is 0 Å². The molecule has 0 aliphatic heterocycles. The van der Waals surface area contributed by atoms with E-state index in [1.165, 1.54) is 54.8 Å². The van der Waals surface area contributed by atoms with Gasteiger partial charge in [-0.3, -0.25) is 9.97 Å². The smallest absolute Gasteiger partial charge is 0.0971 e. The summed E-state index contributed by atoms with van der Waals surface area (Å²) in [7, 11) is 0. The predicted molar refractivity (Wildman–Crippen MR) is 180 cm³/mol. The summed E-state index contributed by atoms with van der Waals surface area (Å²) in [4.78, 5) is 9.55. The Labute approximate surface area is 248 Å². The lowest BCUT2D eigenvalue weighted by Gasteiger charge is -2.13. The maximum Gasteiger partial charge on any atom is 0.0971 e. The Bertz CT molecular complexity index is 2450. The fourth-order valence-electron chi connectivity index (χ4n) is 6.69. The van der Waals surface area contributed by atoms with Gasteiger partial charge in [0.15, 0.2) is 0 Å². The zero-order chi connectivity index (χ0) is 28.3. The second-order valence-electron chi connectivity index (χ2n) is 11.1. The maximum absolute atomic E-state index is 4.78. The lowest BCUT2D eigenvalue weighted by molar-refractivity contribution is 1.18. The van der Waals surface area contributed by atoms with Crippen LogP contribution in [0.1, 0.15) is 0 Å². The topological polar surface area (TPSA) is 30.7 Å². The van der Waals surface area contributed by atoms with E-state index < -0.39 is 0 Å². The minimum absolute atomic E-state index is 0.933. The largest absolute Gasteiger partial charge is 0.309 e. The molecule has 3 heteroatoms. The molecule has 2 aromatic heterocycles. The van der Waals surface area contributed by atoms with Gasteiger partial charge in [0, 0.05) is 39.6 Å². The molecule has 9 aromatic rings. The fraction of sp³-hybridized carbons (Fsp3) is 0. The van der Waals surface area contributed by atoms with Gasteiger partial charge in [-0.2, -0.15) is 0 Å². The second-order valence-corrected chi connectivity index (χ2v) is 11.1. The van der Waals surface area contributed by atoms with Crippen molar-refractivity contribution in [2.24, 2.45) is 0 Å². The van der Waals surface area contributed by atoms with Gasteiger partial charge in [0.05, 0.1) is 22.1 Å². The van der Waals surface area contributed by atoms with E-state index in [9.17, 15) is 0 Å². The SMILES string of the molecule is c1ccc(-c2ccc3c(c2)c2cc(-c4cccc(-n5c6ccccc6c6ccccc65)c4)ccc2c2nccnc32)cc1. The van der Waals surface area contributed by atoms with Crippen LogP contribution < -0.4 is 0 Å². The Morgan fingerprint density at radius 3 is 1.49 bits per heavy atom. The standard InChI is InChI=1S/C40H25N3/c1-2-9-26(10-3-1)28-17-19-33-35(24-28)36-25-29(18-20-34(36)40-39(33)41-21-22-42-40)27-11-8-12-30(23-27)43-37-15-6-4-13-31(37)32-14-5-7-16-38(32)43/h1-25H. The Hall–Kier alpha value is -5.80. The minimum atomic E-state index is 0.933.